The number of aldehydes is 1. The number of hydrogen-bond acceptors (Lipinski definition) is 3. The zero-order valence-electron chi connectivity index (χ0n) is 8.71. The van der Waals surface area contributed by atoms with Crippen molar-refractivity contribution in [2.75, 3.05) is 7.11 Å². The van der Waals surface area contributed by atoms with Crippen LogP contribution in [-0.2, 0) is 11.2 Å². The fraction of sp³-hybridized carbons (Fsp3) is 0.364. The number of phenols is 1. The Bertz CT molecular complexity index is 375. The lowest BCUT2D eigenvalue weighted by molar-refractivity contribution is -0.107. The summed E-state index contributed by atoms with van der Waals surface area (Å²) in [6, 6.07) is 1.59. The molecule has 0 saturated heterocycles. The summed E-state index contributed by atoms with van der Waals surface area (Å²) in [5.41, 5.74) is 1.71. The van der Waals surface area contributed by atoms with E-state index in [0.717, 1.165) is 17.4 Å². The van der Waals surface area contributed by atoms with Gasteiger partial charge in [0.2, 0.25) is 0 Å². The predicted molar refractivity (Wildman–Crippen MR) is 58.8 cm³/mol. The molecule has 1 N–H and O–H groups in total. The second kappa shape index (κ2) is 5.03. The summed E-state index contributed by atoms with van der Waals surface area (Å²) in [5, 5.41) is 9.93. The molecule has 3 nitrogen and oxygen atoms in total. The molecule has 0 unspecified atom stereocenters. The molecule has 0 aliphatic rings. The molecule has 82 valence electrons. The van der Waals surface area contributed by atoms with Gasteiger partial charge < -0.3 is 14.6 Å². The number of hydrogen-bond donors (Lipinski definition) is 1. The number of halogens is 1. The van der Waals surface area contributed by atoms with E-state index < -0.39 is 0 Å². The van der Waals surface area contributed by atoms with Crippen LogP contribution in [0.3, 0.4) is 0 Å². The third-order valence-corrected chi connectivity index (χ3v) is 2.64. The molecule has 1 aromatic carbocycles. The SMILES string of the molecule is COc1c(O)cc(C)c(CCC=O)c1Cl. The van der Waals surface area contributed by atoms with Gasteiger partial charge >= 0.3 is 0 Å². The van der Waals surface area contributed by atoms with Crippen LogP contribution in [0.25, 0.3) is 0 Å². The first-order valence-corrected chi connectivity index (χ1v) is 4.98. The Balaban J connectivity index is 3.19. The Morgan fingerprint density at radius 1 is 1.60 bits per heavy atom. The van der Waals surface area contributed by atoms with E-state index >= 15 is 0 Å². The minimum Gasteiger partial charge on any atom is -0.504 e. The monoisotopic (exact) mass is 228 g/mol. The summed E-state index contributed by atoms with van der Waals surface area (Å²) >= 11 is 6.05. The van der Waals surface area contributed by atoms with Gasteiger partial charge in [-0.05, 0) is 30.5 Å². The molecule has 4 heteroatoms. The van der Waals surface area contributed by atoms with Crippen LogP contribution in [0.15, 0.2) is 6.07 Å². The number of methoxy groups -OCH3 is 1. The van der Waals surface area contributed by atoms with Crippen LogP contribution in [-0.4, -0.2) is 18.5 Å². The van der Waals surface area contributed by atoms with Crippen LogP contribution in [0.5, 0.6) is 11.5 Å². The summed E-state index contributed by atoms with van der Waals surface area (Å²) in [7, 11) is 1.44. The van der Waals surface area contributed by atoms with Gasteiger partial charge in [0.25, 0.3) is 0 Å². The lowest BCUT2D eigenvalue weighted by Gasteiger charge is -2.12. The van der Waals surface area contributed by atoms with Crippen molar-refractivity contribution in [2.24, 2.45) is 0 Å². The predicted octanol–water partition coefficient (Wildman–Crippen LogP) is 2.49. The molecular weight excluding hydrogens is 216 g/mol. The maximum Gasteiger partial charge on any atom is 0.179 e. The van der Waals surface area contributed by atoms with Crippen molar-refractivity contribution in [2.45, 2.75) is 19.8 Å². The number of benzene rings is 1. The van der Waals surface area contributed by atoms with E-state index in [9.17, 15) is 9.90 Å². The fourth-order valence-corrected chi connectivity index (χ4v) is 1.90. The minimum atomic E-state index is 0.0230. The van der Waals surface area contributed by atoms with Gasteiger partial charge in [0.1, 0.15) is 6.29 Å². The van der Waals surface area contributed by atoms with Crippen LogP contribution in [0.4, 0.5) is 0 Å². The van der Waals surface area contributed by atoms with Gasteiger partial charge in [-0.25, -0.2) is 0 Å². The van der Waals surface area contributed by atoms with E-state index in [4.69, 9.17) is 16.3 Å². The van der Waals surface area contributed by atoms with Gasteiger partial charge in [-0.3, -0.25) is 0 Å². The van der Waals surface area contributed by atoms with Gasteiger partial charge in [0.05, 0.1) is 12.1 Å². The lowest BCUT2D eigenvalue weighted by atomic mass is 10.0. The zero-order valence-corrected chi connectivity index (χ0v) is 9.47. The number of ether oxygens (including phenoxy) is 1. The Morgan fingerprint density at radius 2 is 2.27 bits per heavy atom. The van der Waals surface area contributed by atoms with Gasteiger partial charge in [-0.2, -0.15) is 0 Å². The van der Waals surface area contributed by atoms with Crippen LogP contribution in [0.1, 0.15) is 17.5 Å². The number of phenolic OH excluding ortho intramolecular Hbond substituents is 1. The molecule has 0 amide bonds. The fourth-order valence-electron chi connectivity index (χ4n) is 1.48. The average Bonchev–Trinajstić information content (AvgIpc) is 2.17. The molecule has 1 rings (SSSR count). The number of carbonyl (C=O) groups excluding carboxylic acids is 1. The molecule has 0 radical (unpaired) electrons. The maximum absolute atomic E-state index is 10.3. The first-order valence-electron chi connectivity index (χ1n) is 4.60. The second-order valence-corrected chi connectivity index (χ2v) is 3.62. The molecular formula is C11H13ClO3. The molecule has 0 saturated carbocycles. The number of carbonyl (C=O) groups is 1. The molecule has 15 heavy (non-hydrogen) atoms. The molecule has 0 heterocycles. The van der Waals surface area contributed by atoms with Crippen LogP contribution < -0.4 is 4.74 Å². The van der Waals surface area contributed by atoms with Crippen LogP contribution >= 0.6 is 11.6 Å². The summed E-state index contributed by atoms with van der Waals surface area (Å²) in [5.74, 6) is 0.290. The number of rotatable bonds is 4. The van der Waals surface area contributed by atoms with Crippen LogP contribution in [0, 0.1) is 6.92 Å². The molecule has 0 atom stereocenters. The molecule has 0 spiro atoms. The van der Waals surface area contributed by atoms with Gasteiger partial charge in [-0.15, -0.1) is 0 Å². The third kappa shape index (κ3) is 2.42. The zero-order chi connectivity index (χ0) is 11.4. The summed E-state index contributed by atoms with van der Waals surface area (Å²) in [6.07, 6.45) is 1.81. The average molecular weight is 229 g/mol. The number of aryl methyl sites for hydroxylation is 1. The topological polar surface area (TPSA) is 46.5 Å². The van der Waals surface area contributed by atoms with E-state index in [0.29, 0.717) is 17.9 Å². The molecule has 1 aromatic rings. The highest BCUT2D eigenvalue weighted by molar-refractivity contribution is 6.33. The van der Waals surface area contributed by atoms with E-state index in [-0.39, 0.29) is 11.5 Å². The van der Waals surface area contributed by atoms with Crippen molar-refractivity contribution in [3.8, 4) is 11.5 Å². The largest absolute Gasteiger partial charge is 0.504 e. The molecule has 0 aromatic heterocycles. The Morgan fingerprint density at radius 3 is 2.80 bits per heavy atom. The Hall–Kier alpha value is -1.22. The quantitative estimate of drug-likeness (QED) is 0.806. The van der Waals surface area contributed by atoms with Crippen molar-refractivity contribution in [1.29, 1.82) is 0 Å². The normalized spacial score (nSPS) is 10.1. The van der Waals surface area contributed by atoms with E-state index in [1.165, 1.54) is 7.11 Å². The second-order valence-electron chi connectivity index (χ2n) is 3.24. The molecule has 0 aliphatic heterocycles. The highest BCUT2D eigenvalue weighted by Crippen LogP contribution is 2.38. The standard InChI is InChI=1S/C11H13ClO3/c1-7-6-9(14)11(15-2)10(12)8(7)4-3-5-13/h5-6,14H,3-4H2,1-2H3. The van der Waals surface area contributed by atoms with E-state index in [1.807, 2.05) is 6.92 Å². The summed E-state index contributed by atoms with van der Waals surface area (Å²) in [4.78, 5) is 10.3. The highest BCUT2D eigenvalue weighted by atomic mass is 35.5. The van der Waals surface area contributed by atoms with E-state index in [2.05, 4.69) is 0 Å². The van der Waals surface area contributed by atoms with Gasteiger partial charge in [-0.1, -0.05) is 11.6 Å². The lowest BCUT2D eigenvalue weighted by Crippen LogP contribution is -1.96. The van der Waals surface area contributed by atoms with E-state index in [1.54, 1.807) is 6.07 Å². The first-order chi connectivity index (χ1) is 7.11. The van der Waals surface area contributed by atoms with Crippen molar-refractivity contribution >= 4 is 17.9 Å². The third-order valence-electron chi connectivity index (χ3n) is 2.24. The van der Waals surface area contributed by atoms with Crippen molar-refractivity contribution in [3.63, 3.8) is 0 Å². The Labute approximate surface area is 93.6 Å². The summed E-state index contributed by atoms with van der Waals surface area (Å²) in [6.45, 7) is 1.84. The molecule has 0 aliphatic carbocycles. The molecule has 0 bridgehead atoms. The number of aromatic hydroxyl groups is 1. The highest BCUT2D eigenvalue weighted by Gasteiger charge is 2.14. The van der Waals surface area contributed by atoms with Gasteiger partial charge in [0.15, 0.2) is 11.5 Å². The van der Waals surface area contributed by atoms with Crippen molar-refractivity contribution < 1.29 is 14.6 Å². The summed E-state index contributed by atoms with van der Waals surface area (Å²) < 4.78 is 4.98. The first kappa shape index (κ1) is 11.9. The maximum atomic E-state index is 10.3. The van der Waals surface area contributed by atoms with Crippen molar-refractivity contribution in [1.82, 2.24) is 0 Å². The smallest absolute Gasteiger partial charge is 0.179 e. The molecule has 0 fully saturated rings. The minimum absolute atomic E-state index is 0.0230. The van der Waals surface area contributed by atoms with Crippen LogP contribution in [0.2, 0.25) is 5.02 Å². The van der Waals surface area contributed by atoms with Crippen molar-refractivity contribution in [3.05, 3.63) is 22.2 Å². The Kier molecular flexibility index (Phi) is 3.97. The van der Waals surface area contributed by atoms with Gasteiger partial charge in [0, 0.05) is 6.42 Å².